The Morgan fingerprint density at radius 3 is 2.81 bits per heavy atom. The zero-order valence-corrected chi connectivity index (χ0v) is 10.8. The highest BCUT2D eigenvalue weighted by molar-refractivity contribution is 7.80. The van der Waals surface area contributed by atoms with E-state index in [1.54, 1.807) is 6.33 Å². The first kappa shape index (κ1) is 13.1. The lowest BCUT2D eigenvalue weighted by Crippen LogP contribution is -2.14. The molecule has 0 aliphatic rings. The van der Waals surface area contributed by atoms with Gasteiger partial charge in [0.15, 0.2) is 0 Å². The Morgan fingerprint density at radius 2 is 2.31 bits per heavy atom. The Kier molecular flexibility index (Phi) is 5.38. The van der Waals surface area contributed by atoms with Crippen LogP contribution in [0.1, 0.15) is 45.4 Å². The largest absolute Gasteiger partial charge is 0.387 e. The summed E-state index contributed by atoms with van der Waals surface area (Å²) in [5.41, 5.74) is 5.46. The summed E-state index contributed by atoms with van der Waals surface area (Å²) >= 11 is 4.83. The first-order valence-corrected chi connectivity index (χ1v) is 6.27. The molecule has 16 heavy (non-hydrogen) atoms. The van der Waals surface area contributed by atoms with Crippen LogP contribution < -0.4 is 5.73 Å². The molecule has 90 valence electrons. The van der Waals surface area contributed by atoms with E-state index in [4.69, 9.17) is 18.0 Å². The molecule has 5 heteroatoms. The summed E-state index contributed by atoms with van der Waals surface area (Å²) in [4.78, 5) is 4.33. The summed E-state index contributed by atoms with van der Waals surface area (Å²) in [6.07, 6.45) is 6.64. The molecule has 0 radical (unpaired) electrons. The van der Waals surface area contributed by atoms with Gasteiger partial charge in [-0.3, -0.25) is 4.68 Å². The van der Waals surface area contributed by atoms with Crippen molar-refractivity contribution in [3.8, 4) is 0 Å². The van der Waals surface area contributed by atoms with Crippen LogP contribution in [0.3, 0.4) is 0 Å². The Morgan fingerprint density at radius 1 is 1.56 bits per heavy atom. The van der Waals surface area contributed by atoms with E-state index >= 15 is 0 Å². The number of rotatable bonds is 7. The minimum atomic E-state index is 0.264. The van der Waals surface area contributed by atoms with Gasteiger partial charge in [0.05, 0.1) is 0 Å². The second kappa shape index (κ2) is 6.58. The van der Waals surface area contributed by atoms with Crippen molar-refractivity contribution in [2.24, 2.45) is 11.7 Å². The number of aromatic nitrogens is 3. The van der Waals surface area contributed by atoms with Gasteiger partial charge >= 0.3 is 0 Å². The number of hydrogen-bond donors (Lipinski definition) is 1. The van der Waals surface area contributed by atoms with Gasteiger partial charge < -0.3 is 5.73 Å². The molecule has 0 aliphatic carbocycles. The molecule has 0 saturated carbocycles. The lowest BCUT2D eigenvalue weighted by molar-refractivity contribution is 0.371. The molecule has 1 rings (SSSR count). The smallest absolute Gasteiger partial charge is 0.208 e. The molecule has 1 aromatic heterocycles. The summed E-state index contributed by atoms with van der Waals surface area (Å²) in [5, 5.41) is 4.24. The zero-order chi connectivity index (χ0) is 12.0. The highest BCUT2D eigenvalue weighted by Crippen LogP contribution is 2.14. The topological polar surface area (TPSA) is 56.7 Å². The summed E-state index contributed by atoms with van der Waals surface area (Å²) in [7, 11) is 0. The van der Waals surface area contributed by atoms with Crippen molar-refractivity contribution < 1.29 is 0 Å². The van der Waals surface area contributed by atoms with Crippen LogP contribution >= 0.6 is 12.2 Å². The zero-order valence-electron chi connectivity index (χ0n) is 10.0. The van der Waals surface area contributed by atoms with Gasteiger partial charge in [-0.15, -0.1) is 5.10 Å². The van der Waals surface area contributed by atoms with Crippen molar-refractivity contribution in [2.75, 3.05) is 0 Å². The van der Waals surface area contributed by atoms with Crippen LogP contribution in [0.5, 0.6) is 0 Å². The maximum atomic E-state index is 5.46. The highest BCUT2D eigenvalue weighted by atomic mass is 32.1. The molecule has 4 nitrogen and oxygen atoms in total. The van der Waals surface area contributed by atoms with Gasteiger partial charge in [-0.05, 0) is 12.3 Å². The third-order valence-corrected chi connectivity index (χ3v) is 2.93. The normalized spacial score (nSPS) is 12.6. The monoisotopic (exact) mass is 240 g/mol. The molecule has 0 aliphatic heterocycles. The molecule has 2 N–H and O–H groups in total. The highest BCUT2D eigenvalue weighted by Gasteiger charge is 2.09. The Bertz CT molecular complexity index is 334. The van der Waals surface area contributed by atoms with E-state index in [0.717, 1.165) is 6.54 Å². The average molecular weight is 240 g/mol. The van der Waals surface area contributed by atoms with Crippen LogP contribution in [0.2, 0.25) is 0 Å². The average Bonchev–Trinajstić information content (AvgIpc) is 2.72. The van der Waals surface area contributed by atoms with Crippen molar-refractivity contribution >= 4 is 17.2 Å². The second-order valence-corrected chi connectivity index (χ2v) is 4.51. The fraction of sp³-hybridized carbons (Fsp3) is 0.727. The number of thiocarbonyl (C=S) groups is 1. The minimum absolute atomic E-state index is 0.264. The second-order valence-electron chi connectivity index (χ2n) is 4.07. The number of nitrogens with two attached hydrogens (primary N) is 1. The maximum absolute atomic E-state index is 5.46. The molecule has 1 atom stereocenters. The molecule has 1 aromatic rings. The fourth-order valence-corrected chi connectivity index (χ4v) is 1.77. The molecule has 0 aromatic carbocycles. The predicted molar refractivity (Wildman–Crippen MR) is 69.2 cm³/mol. The Hall–Kier alpha value is -0.970. The minimum Gasteiger partial charge on any atom is -0.387 e. The molecular formula is C11H20N4S. The third-order valence-electron chi connectivity index (χ3n) is 2.75. The van der Waals surface area contributed by atoms with Crippen LogP contribution in [0.15, 0.2) is 6.33 Å². The van der Waals surface area contributed by atoms with E-state index in [2.05, 4.69) is 23.9 Å². The van der Waals surface area contributed by atoms with Crippen LogP contribution in [-0.2, 0) is 6.54 Å². The van der Waals surface area contributed by atoms with Gasteiger partial charge in [-0.25, -0.2) is 4.98 Å². The SMILES string of the molecule is CCCCC(CC)Cn1cnc(C(N)=S)n1. The van der Waals surface area contributed by atoms with Crippen molar-refractivity contribution in [1.82, 2.24) is 14.8 Å². The molecule has 0 amide bonds. The van der Waals surface area contributed by atoms with Gasteiger partial charge in [0.25, 0.3) is 0 Å². The molecule has 0 fully saturated rings. The van der Waals surface area contributed by atoms with E-state index in [9.17, 15) is 0 Å². The first-order chi connectivity index (χ1) is 7.67. The van der Waals surface area contributed by atoms with Gasteiger partial charge in [0.2, 0.25) is 5.82 Å². The fourth-order valence-electron chi connectivity index (χ4n) is 1.68. The molecule has 0 saturated heterocycles. The van der Waals surface area contributed by atoms with Gasteiger partial charge in [0, 0.05) is 6.54 Å². The van der Waals surface area contributed by atoms with Gasteiger partial charge in [-0.2, -0.15) is 0 Å². The Labute approximate surface area is 102 Å². The van der Waals surface area contributed by atoms with Crippen LogP contribution in [-0.4, -0.2) is 19.8 Å². The van der Waals surface area contributed by atoms with E-state index < -0.39 is 0 Å². The number of hydrogen-bond acceptors (Lipinski definition) is 3. The summed E-state index contributed by atoms with van der Waals surface area (Å²) in [6.45, 7) is 5.34. The van der Waals surface area contributed by atoms with Crippen molar-refractivity contribution in [3.63, 3.8) is 0 Å². The number of unbranched alkanes of at least 4 members (excludes halogenated alkanes) is 1. The summed E-state index contributed by atoms with van der Waals surface area (Å²) in [5.74, 6) is 1.14. The van der Waals surface area contributed by atoms with E-state index in [1.807, 2.05) is 4.68 Å². The van der Waals surface area contributed by atoms with E-state index in [0.29, 0.717) is 11.7 Å². The van der Waals surface area contributed by atoms with Crippen molar-refractivity contribution in [3.05, 3.63) is 12.2 Å². The maximum Gasteiger partial charge on any atom is 0.208 e. The van der Waals surface area contributed by atoms with Crippen LogP contribution in [0, 0.1) is 5.92 Å². The lowest BCUT2D eigenvalue weighted by atomic mass is 10.00. The lowest BCUT2D eigenvalue weighted by Gasteiger charge is -2.13. The first-order valence-electron chi connectivity index (χ1n) is 5.86. The molecule has 0 bridgehead atoms. The molecule has 1 heterocycles. The molecule has 1 unspecified atom stereocenters. The van der Waals surface area contributed by atoms with Crippen molar-refractivity contribution in [2.45, 2.75) is 46.1 Å². The summed E-state index contributed by atoms with van der Waals surface area (Å²) in [6, 6.07) is 0. The van der Waals surface area contributed by atoms with E-state index in [-0.39, 0.29) is 4.99 Å². The Balaban J connectivity index is 2.52. The van der Waals surface area contributed by atoms with Gasteiger partial charge in [-0.1, -0.05) is 45.3 Å². The van der Waals surface area contributed by atoms with E-state index in [1.165, 1.54) is 25.7 Å². The quantitative estimate of drug-likeness (QED) is 0.742. The molecular weight excluding hydrogens is 220 g/mol. The van der Waals surface area contributed by atoms with Crippen LogP contribution in [0.4, 0.5) is 0 Å². The van der Waals surface area contributed by atoms with Crippen LogP contribution in [0.25, 0.3) is 0 Å². The number of nitrogens with zero attached hydrogens (tertiary/aromatic N) is 3. The summed E-state index contributed by atoms with van der Waals surface area (Å²) < 4.78 is 1.85. The predicted octanol–water partition coefficient (Wildman–Crippen LogP) is 2.13. The third kappa shape index (κ3) is 3.89. The molecule has 0 spiro atoms. The van der Waals surface area contributed by atoms with Gasteiger partial charge in [0.1, 0.15) is 11.3 Å². The van der Waals surface area contributed by atoms with Crippen molar-refractivity contribution in [1.29, 1.82) is 0 Å². The standard InChI is InChI=1S/C11H20N4S/c1-3-5-6-9(4-2)7-15-8-13-11(14-15)10(12)16/h8-9H,3-7H2,1-2H3,(H2,12,16).